The first kappa shape index (κ1) is 15.7. The first-order chi connectivity index (χ1) is 9.06. The Morgan fingerprint density at radius 1 is 1.58 bits per heavy atom. The highest BCUT2D eigenvalue weighted by Crippen LogP contribution is 2.17. The molecule has 0 saturated carbocycles. The molecule has 0 aromatic heterocycles. The van der Waals surface area contributed by atoms with Crippen LogP contribution >= 0.6 is 15.9 Å². The van der Waals surface area contributed by atoms with Crippen LogP contribution in [0.4, 0.5) is 0 Å². The van der Waals surface area contributed by atoms with Gasteiger partial charge >= 0.3 is 0 Å². The average molecular weight is 325 g/mol. The first-order valence-corrected chi connectivity index (χ1v) is 6.92. The Labute approximate surface area is 121 Å². The number of nitrogens with zero attached hydrogens (tertiary/aromatic N) is 1. The summed E-state index contributed by atoms with van der Waals surface area (Å²) >= 11 is 3.34. The average Bonchev–Trinajstić information content (AvgIpc) is 2.42. The number of nitriles is 1. The number of hydrogen-bond acceptors (Lipinski definition) is 3. The van der Waals surface area contributed by atoms with Gasteiger partial charge in [0.15, 0.2) is 0 Å². The van der Waals surface area contributed by atoms with E-state index in [0.717, 1.165) is 16.5 Å². The van der Waals surface area contributed by atoms with Crippen LogP contribution in [-0.2, 0) is 9.53 Å². The lowest BCUT2D eigenvalue weighted by molar-refractivity contribution is -0.127. The lowest BCUT2D eigenvalue weighted by Gasteiger charge is -2.14. The predicted octanol–water partition coefficient (Wildman–Crippen LogP) is 2.95. The van der Waals surface area contributed by atoms with Gasteiger partial charge in [0.05, 0.1) is 12.2 Å². The zero-order valence-electron chi connectivity index (χ0n) is 11.0. The molecule has 0 radical (unpaired) electrons. The Hall–Kier alpha value is -1.38. The van der Waals surface area contributed by atoms with E-state index in [9.17, 15) is 4.79 Å². The van der Waals surface area contributed by atoms with Crippen molar-refractivity contribution in [3.8, 4) is 6.07 Å². The molecule has 1 N–H and O–H groups in total. The largest absolute Gasteiger partial charge is 0.369 e. The molecule has 0 bridgehead atoms. The van der Waals surface area contributed by atoms with Gasteiger partial charge < -0.3 is 10.1 Å². The SMILES string of the molecule is CC[C@@H](C)OCC(=O)N[C@H](C#N)c1cccc(Br)c1. The number of benzene rings is 1. The first-order valence-electron chi connectivity index (χ1n) is 6.12. The van der Waals surface area contributed by atoms with Crippen LogP contribution in [0.2, 0.25) is 0 Å². The second-order valence-corrected chi connectivity index (χ2v) is 5.13. The van der Waals surface area contributed by atoms with Gasteiger partial charge in [-0.15, -0.1) is 0 Å². The minimum atomic E-state index is -0.662. The van der Waals surface area contributed by atoms with Crippen LogP contribution in [0.5, 0.6) is 0 Å². The maximum atomic E-state index is 11.7. The third-order valence-corrected chi connectivity index (χ3v) is 3.18. The minimum absolute atomic E-state index is 0.0266. The molecule has 2 atom stereocenters. The van der Waals surface area contributed by atoms with Crippen molar-refractivity contribution >= 4 is 21.8 Å². The Balaban J connectivity index is 2.58. The predicted molar refractivity (Wildman–Crippen MR) is 76.3 cm³/mol. The van der Waals surface area contributed by atoms with Crippen molar-refractivity contribution in [3.05, 3.63) is 34.3 Å². The zero-order chi connectivity index (χ0) is 14.3. The van der Waals surface area contributed by atoms with Crippen molar-refractivity contribution in [3.63, 3.8) is 0 Å². The molecule has 1 amide bonds. The molecule has 0 spiro atoms. The molecule has 0 fully saturated rings. The molecule has 0 heterocycles. The second kappa shape index (κ2) is 7.93. The number of halogens is 1. The van der Waals surface area contributed by atoms with Gasteiger partial charge in [0.2, 0.25) is 5.91 Å². The minimum Gasteiger partial charge on any atom is -0.369 e. The molecule has 102 valence electrons. The van der Waals surface area contributed by atoms with Gasteiger partial charge in [-0.25, -0.2) is 0 Å². The van der Waals surface area contributed by atoms with Crippen LogP contribution in [0.25, 0.3) is 0 Å². The van der Waals surface area contributed by atoms with Gasteiger partial charge in [0, 0.05) is 4.47 Å². The standard InChI is InChI=1S/C14H17BrN2O2/c1-3-10(2)19-9-14(18)17-13(8-16)11-5-4-6-12(15)7-11/h4-7,10,13H,3,9H2,1-2H3,(H,17,18)/t10-,13-/m1/s1. The van der Waals surface area contributed by atoms with Crippen LogP contribution in [0, 0.1) is 11.3 Å². The third kappa shape index (κ3) is 5.41. The number of hydrogen-bond donors (Lipinski definition) is 1. The molecular formula is C14H17BrN2O2. The van der Waals surface area contributed by atoms with Crippen LogP contribution in [0.3, 0.4) is 0 Å². The molecule has 0 unspecified atom stereocenters. The summed E-state index contributed by atoms with van der Waals surface area (Å²) in [6.07, 6.45) is 0.887. The van der Waals surface area contributed by atoms with E-state index in [1.807, 2.05) is 32.0 Å². The van der Waals surface area contributed by atoms with E-state index in [0.29, 0.717) is 0 Å². The lowest BCUT2D eigenvalue weighted by atomic mass is 10.1. The molecule has 0 saturated heterocycles. The maximum Gasteiger partial charge on any atom is 0.247 e. The van der Waals surface area contributed by atoms with Crippen molar-refractivity contribution in [2.45, 2.75) is 32.4 Å². The summed E-state index contributed by atoms with van der Waals surface area (Å²) in [4.78, 5) is 11.7. The molecule has 0 aliphatic carbocycles. The van der Waals surface area contributed by atoms with E-state index in [2.05, 4.69) is 27.3 Å². The molecule has 19 heavy (non-hydrogen) atoms. The number of carbonyl (C=O) groups is 1. The highest BCUT2D eigenvalue weighted by molar-refractivity contribution is 9.10. The summed E-state index contributed by atoms with van der Waals surface area (Å²) < 4.78 is 6.20. The normalized spacial score (nSPS) is 13.4. The van der Waals surface area contributed by atoms with Gasteiger partial charge in [-0.1, -0.05) is 35.0 Å². The van der Waals surface area contributed by atoms with Gasteiger partial charge in [-0.3, -0.25) is 4.79 Å². The van der Waals surface area contributed by atoms with Crippen molar-refractivity contribution in [2.24, 2.45) is 0 Å². The van der Waals surface area contributed by atoms with Crippen molar-refractivity contribution in [1.82, 2.24) is 5.32 Å². The number of amides is 1. The van der Waals surface area contributed by atoms with E-state index in [1.54, 1.807) is 6.07 Å². The Kier molecular flexibility index (Phi) is 6.54. The van der Waals surface area contributed by atoms with Gasteiger partial charge in [-0.05, 0) is 31.0 Å². The highest BCUT2D eigenvalue weighted by atomic mass is 79.9. The summed E-state index contributed by atoms with van der Waals surface area (Å²) in [5.74, 6) is -0.285. The van der Waals surface area contributed by atoms with E-state index >= 15 is 0 Å². The molecule has 1 rings (SSSR count). The Morgan fingerprint density at radius 2 is 2.32 bits per heavy atom. The quantitative estimate of drug-likeness (QED) is 0.875. The highest BCUT2D eigenvalue weighted by Gasteiger charge is 2.14. The summed E-state index contributed by atoms with van der Waals surface area (Å²) in [7, 11) is 0. The van der Waals surface area contributed by atoms with Crippen molar-refractivity contribution < 1.29 is 9.53 Å². The molecule has 1 aromatic rings. The summed E-state index contributed by atoms with van der Waals surface area (Å²) in [6.45, 7) is 3.87. The number of ether oxygens (including phenoxy) is 1. The Morgan fingerprint density at radius 3 is 2.89 bits per heavy atom. The number of rotatable bonds is 6. The Bertz CT molecular complexity index is 471. The van der Waals surface area contributed by atoms with Crippen LogP contribution in [0.15, 0.2) is 28.7 Å². The fraction of sp³-hybridized carbons (Fsp3) is 0.429. The van der Waals surface area contributed by atoms with Crippen molar-refractivity contribution in [1.29, 1.82) is 5.26 Å². The van der Waals surface area contributed by atoms with Crippen LogP contribution < -0.4 is 5.32 Å². The summed E-state index contributed by atoms with van der Waals surface area (Å²) in [6, 6.07) is 8.71. The van der Waals surface area contributed by atoms with E-state index in [1.165, 1.54) is 0 Å². The molecule has 0 aliphatic rings. The van der Waals surface area contributed by atoms with Gasteiger partial charge in [-0.2, -0.15) is 5.26 Å². The van der Waals surface area contributed by atoms with E-state index in [-0.39, 0.29) is 18.6 Å². The van der Waals surface area contributed by atoms with Gasteiger partial charge in [0.25, 0.3) is 0 Å². The molecular weight excluding hydrogens is 308 g/mol. The number of carbonyl (C=O) groups excluding carboxylic acids is 1. The number of nitrogens with one attached hydrogen (secondary N) is 1. The fourth-order valence-electron chi connectivity index (χ4n) is 1.41. The molecule has 5 heteroatoms. The summed E-state index contributed by atoms with van der Waals surface area (Å²) in [5.41, 5.74) is 0.744. The second-order valence-electron chi connectivity index (χ2n) is 4.21. The third-order valence-electron chi connectivity index (χ3n) is 2.69. The monoisotopic (exact) mass is 324 g/mol. The van der Waals surface area contributed by atoms with Crippen LogP contribution in [-0.4, -0.2) is 18.6 Å². The smallest absolute Gasteiger partial charge is 0.247 e. The van der Waals surface area contributed by atoms with E-state index in [4.69, 9.17) is 10.00 Å². The van der Waals surface area contributed by atoms with E-state index < -0.39 is 6.04 Å². The summed E-state index contributed by atoms with van der Waals surface area (Å²) in [5, 5.41) is 11.8. The maximum absolute atomic E-state index is 11.7. The van der Waals surface area contributed by atoms with Crippen molar-refractivity contribution in [2.75, 3.05) is 6.61 Å². The lowest BCUT2D eigenvalue weighted by Crippen LogP contribution is -2.32. The molecule has 4 nitrogen and oxygen atoms in total. The molecule has 1 aromatic carbocycles. The molecule has 0 aliphatic heterocycles. The fourth-order valence-corrected chi connectivity index (χ4v) is 1.83. The van der Waals surface area contributed by atoms with Crippen LogP contribution in [0.1, 0.15) is 31.9 Å². The topological polar surface area (TPSA) is 62.1 Å². The zero-order valence-corrected chi connectivity index (χ0v) is 12.6. The van der Waals surface area contributed by atoms with Gasteiger partial charge in [0.1, 0.15) is 12.6 Å².